The second kappa shape index (κ2) is 11.3. The zero-order chi connectivity index (χ0) is 35.0. The molecule has 4 heterocycles. The first-order chi connectivity index (χ1) is 26.3. The van der Waals surface area contributed by atoms with Crippen molar-refractivity contribution >= 4 is 65.5 Å². The summed E-state index contributed by atoms with van der Waals surface area (Å²) in [4.78, 5) is 5.03. The highest BCUT2D eigenvalue weighted by molar-refractivity contribution is 6.25. The third kappa shape index (κ3) is 4.27. The summed E-state index contributed by atoms with van der Waals surface area (Å²) in [5, 5.41) is 16.2. The molecule has 11 rings (SSSR count). The Morgan fingerprint density at radius 1 is 0.415 bits per heavy atom. The van der Waals surface area contributed by atoms with Crippen LogP contribution in [0.25, 0.3) is 93.7 Å². The van der Waals surface area contributed by atoms with Gasteiger partial charge in [0.1, 0.15) is 0 Å². The second-order valence-electron chi connectivity index (χ2n) is 13.6. The molecule has 0 fully saturated rings. The number of pyridine rings is 1. The topological polar surface area (TPSA) is 51.5 Å². The van der Waals surface area contributed by atoms with Gasteiger partial charge in [-0.15, -0.1) is 0 Å². The lowest BCUT2D eigenvalue weighted by atomic mass is 10.0. The Hall–Kier alpha value is -7.42. The Balaban J connectivity index is 1.16. The van der Waals surface area contributed by atoms with Gasteiger partial charge in [0.15, 0.2) is 0 Å². The monoisotopic (exact) mass is 675 g/mol. The maximum absolute atomic E-state index is 10.3. The van der Waals surface area contributed by atoms with Gasteiger partial charge in [-0.3, -0.25) is 4.98 Å². The van der Waals surface area contributed by atoms with E-state index in [2.05, 4.69) is 171 Å². The minimum Gasteiger partial charge on any atom is -0.309 e. The highest BCUT2D eigenvalue weighted by atomic mass is 15.0. The lowest BCUT2D eigenvalue weighted by Gasteiger charge is -2.13. The lowest BCUT2D eigenvalue weighted by molar-refractivity contribution is 1.17. The number of nitriles is 1. The third-order valence-corrected chi connectivity index (χ3v) is 10.7. The molecule has 0 spiro atoms. The van der Waals surface area contributed by atoms with Crippen LogP contribution in [-0.4, -0.2) is 18.7 Å². The van der Waals surface area contributed by atoms with Crippen molar-refractivity contribution in [3.8, 4) is 34.3 Å². The fourth-order valence-electron chi connectivity index (χ4n) is 8.49. The van der Waals surface area contributed by atoms with E-state index in [1.54, 1.807) is 0 Å². The van der Waals surface area contributed by atoms with Crippen molar-refractivity contribution < 1.29 is 0 Å². The molecule has 0 aliphatic carbocycles. The largest absolute Gasteiger partial charge is 0.309 e. The molecule has 0 radical (unpaired) electrons. The summed E-state index contributed by atoms with van der Waals surface area (Å²) in [7, 11) is 0. The molecule has 0 amide bonds. The van der Waals surface area contributed by atoms with E-state index >= 15 is 0 Å². The van der Waals surface area contributed by atoms with E-state index in [-0.39, 0.29) is 0 Å². The molecule has 0 unspecified atom stereocenters. The molecule has 0 saturated heterocycles. The molecule has 0 saturated carbocycles. The van der Waals surface area contributed by atoms with Crippen molar-refractivity contribution in [3.63, 3.8) is 0 Å². The van der Waals surface area contributed by atoms with E-state index in [9.17, 15) is 5.26 Å². The molecule has 0 N–H and O–H groups in total. The SMILES string of the molecule is N#Cc1cc(-c2cccc(-n3c4cccnc4c4c3ccc3c5ccccc5n(-c5ccccc5)c34)c2)cc(-n2c3ccccc3c3ccccc32)c1. The zero-order valence-corrected chi connectivity index (χ0v) is 28.5. The van der Waals surface area contributed by atoms with Crippen LogP contribution in [0.1, 0.15) is 5.56 Å². The molecule has 7 aromatic carbocycles. The van der Waals surface area contributed by atoms with E-state index in [1.807, 2.05) is 24.4 Å². The van der Waals surface area contributed by atoms with Crippen molar-refractivity contribution in [1.82, 2.24) is 18.7 Å². The summed E-state index contributed by atoms with van der Waals surface area (Å²) in [6, 6.07) is 62.1. The highest BCUT2D eigenvalue weighted by Crippen LogP contribution is 2.42. The fourth-order valence-corrected chi connectivity index (χ4v) is 8.49. The molecule has 0 aliphatic rings. The number of aromatic nitrogens is 4. The molecule has 0 atom stereocenters. The van der Waals surface area contributed by atoms with E-state index < -0.39 is 0 Å². The van der Waals surface area contributed by atoms with Crippen LogP contribution in [-0.2, 0) is 0 Å². The summed E-state index contributed by atoms with van der Waals surface area (Å²) in [5.41, 5.74) is 13.3. The number of fused-ring (bicyclic) bond motifs is 10. The smallest absolute Gasteiger partial charge is 0.0992 e. The van der Waals surface area contributed by atoms with Gasteiger partial charge in [0.05, 0.1) is 55.6 Å². The summed E-state index contributed by atoms with van der Waals surface area (Å²) in [6.45, 7) is 0. The van der Waals surface area contributed by atoms with Gasteiger partial charge in [0.25, 0.3) is 0 Å². The molecular weight excluding hydrogens is 647 g/mol. The molecule has 246 valence electrons. The van der Waals surface area contributed by atoms with Crippen LogP contribution in [0.15, 0.2) is 176 Å². The van der Waals surface area contributed by atoms with Gasteiger partial charge in [0.2, 0.25) is 0 Å². The highest BCUT2D eigenvalue weighted by Gasteiger charge is 2.22. The Morgan fingerprint density at radius 2 is 1.02 bits per heavy atom. The Bertz CT molecular complexity index is 3250. The average Bonchev–Trinajstić information content (AvgIpc) is 3.87. The molecule has 4 aromatic heterocycles. The van der Waals surface area contributed by atoms with Crippen LogP contribution in [0.3, 0.4) is 0 Å². The van der Waals surface area contributed by atoms with E-state index in [4.69, 9.17) is 4.98 Å². The molecule has 53 heavy (non-hydrogen) atoms. The maximum Gasteiger partial charge on any atom is 0.0992 e. The van der Waals surface area contributed by atoms with Crippen LogP contribution < -0.4 is 0 Å². The zero-order valence-electron chi connectivity index (χ0n) is 28.5. The van der Waals surface area contributed by atoms with Gasteiger partial charge >= 0.3 is 0 Å². The number of benzene rings is 7. The van der Waals surface area contributed by atoms with Gasteiger partial charge in [0, 0.05) is 44.8 Å². The second-order valence-corrected chi connectivity index (χ2v) is 13.6. The summed E-state index contributed by atoms with van der Waals surface area (Å²) >= 11 is 0. The van der Waals surface area contributed by atoms with Gasteiger partial charge in [-0.2, -0.15) is 5.26 Å². The number of nitrogens with zero attached hydrogens (tertiary/aromatic N) is 5. The van der Waals surface area contributed by atoms with Crippen molar-refractivity contribution in [1.29, 1.82) is 5.26 Å². The van der Waals surface area contributed by atoms with Crippen molar-refractivity contribution in [2.75, 3.05) is 0 Å². The molecule has 0 aliphatic heterocycles. The van der Waals surface area contributed by atoms with E-state index in [0.717, 1.165) is 72.2 Å². The standard InChI is InChI=1S/C48H29N5/c49-30-31-26-33(29-36(27-31)52-41-19-7-4-16-37(41)38-17-5-8-20-42(38)52)32-12-10-15-35(28-32)51-44-24-23-40-39-18-6-9-21-43(39)53(34-13-2-1-3-14-34)48(40)46(44)47-45(51)22-11-25-50-47/h1-29H. The van der Waals surface area contributed by atoms with Crippen molar-refractivity contribution in [2.45, 2.75) is 0 Å². The Kier molecular flexibility index (Phi) is 6.25. The third-order valence-electron chi connectivity index (χ3n) is 10.7. The maximum atomic E-state index is 10.3. The first kappa shape index (κ1) is 29.3. The summed E-state index contributed by atoms with van der Waals surface area (Å²) in [5.74, 6) is 0. The quantitative estimate of drug-likeness (QED) is 0.186. The predicted octanol–water partition coefficient (Wildman–Crippen LogP) is 11.9. The van der Waals surface area contributed by atoms with Crippen molar-refractivity contribution in [3.05, 3.63) is 182 Å². The van der Waals surface area contributed by atoms with E-state index in [1.165, 1.54) is 21.5 Å². The van der Waals surface area contributed by atoms with Gasteiger partial charge in [-0.1, -0.05) is 91.0 Å². The number of rotatable bonds is 4. The summed E-state index contributed by atoms with van der Waals surface area (Å²) in [6.07, 6.45) is 1.89. The minimum absolute atomic E-state index is 0.613. The molecular formula is C48H29N5. The van der Waals surface area contributed by atoms with Crippen LogP contribution in [0.4, 0.5) is 0 Å². The lowest BCUT2D eigenvalue weighted by Crippen LogP contribution is -1.97. The minimum atomic E-state index is 0.613. The number of para-hydroxylation sites is 4. The normalized spacial score (nSPS) is 11.8. The van der Waals surface area contributed by atoms with Gasteiger partial charge < -0.3 is 13.7 Å². The predicted molar refractivity (Wildman–Crippen MR) is 217 cm³/mol. The first-order valence-corrected chi connectivity index (χ1v) is 17.8. The fraction of sp³-hybridized carbons (Fsp3) is 0. The molecule has 11 aromatic rings. The molecule has 0 bridgehead atoms. The Morgan fingerprint density at radius 3 is 1.75 bits per heavy atom. The van der Waals surface area contributed by atoms with Crippen LogP contribution >= 0.6 is 0 Å². The van der Waals surface area contributed by atoms with Crippen LogP contribution in [0.5, 0.6) is 0 Å². The van der Waals surface area contributed by atoms with Crippen LogP contribution in [0, 0.1) is 11.3 Å². The first-order valence-electron chi connectivity index (χ1n) is 17.8. The van der Waals surface area contributed by atoms with E-state index in [0.29, 0.717) is 5.56 Å². The molecule has 5 nitrogen and oxygen atoms in total. The summed E-state index contributed by atoms with van der Waals surface area (Å²) < 4.78 is 6.98. The Labute approximate surface area is 304 Å². The van der Waals surface area contributed by atoms with Crippen LogP contribution in [0.2, 0.25) is 0 Å². The van der Waals surface area contributed by atoms with Gasteiger partial charge in [-0.05, 0) is 90.0 Å². The van der Waals surface area contributed by atoms with Gasteiger partial charge in [-0.25, -0.2) is 0 Å². The molecule has 5 heteroatoms. The average molecular weight is 676 g/mol. The number of hydrogen-bond donors (Lipinski definition) is 0. The van der Waals surface area contributed by atoms with Crippen molar-refractivity contribution in [2.24, 2.45) is 0 Å². The number of hydrogen-bond acceptors (Lipinski definition) is 2.